The number of rotatable bonds is 12. The van der Waals surface area contributed by atoms with Gasteiger partial charge in [0, 0.05) is 36.6 Å². The minimum atomic E-state index is -0.722. The minimum absolute atomic E-state index is 0.0510. The number of aliphatic hydroxyl groups is 1. The summed E-state index contributed by atoms with van der Waals surface area (Å²) in [5.41, 5.74) is 0.711. The quantitative estimate of drug-likeness (QED) is 0.409. The summed E-state index contributed by atoms with van der Waals surface area (Å²) in [5, 5.41) is 9.78. The molecule has 3 aliphatic heterocycles. The van der Waals surface area contributed by atoms with Crippen molar-refractivity contribution >= 4 is 35.2 Å². The van der Waals surface area contributed by atoms with E-state index in [2.05, 4.69) is 13.2 Å². The number of ether oxygens (including phenoxy) is 1. The van der Waals surface area contributed by atoms with Crippen LogP contribution >= 0.6 is 11.8 Å². The second-order valence-corrected chi connectivity index (χ2v) is 11.9. The number of anilines is 1. The first kappa shape index (κ1) is 28.2. The van der Waals surface area contributed by atoms with Crippen molar-refractivity contribution in [3.05, 3.63) is 49.6 Å². The molecule has 0 radical (unpaired) electrons. The van der Waals surface area contributed by atoms with Crippen LogP contribution in [0.5, 0.6) is 5.75 Å². The number of likely N-dealkylation sites (tertiary alicyclic amines) is 1. The molecule has 2 bridgehead atoms. The lowest BCUT2D eigenvalue weighted by Gasteiger charge is -2.38. The predicted octanol–water partition coefficient (Wildman–Crippen LogP) is 3.11. The SMILES string of the molecule is C=CCN(C(=O)[C@@H]1[C@H]2C(=O)N(CCO)C(C(=O)N(CC=C)C(C)C)C23CC[C@H]1S3)c1ccc(OCC)cc1. The summed E-state index contributed by atoms with van der Waals surface area (Å²) >= 11 is 1.63. The first-order valence-electron chi connectivity index (χ1n) is 13.4. The lowest BCUT2D eigenvalue weighted by molar-refractivity contribution is -0.143. The Morgan fingerprint density at radius 1 is 1.21 bits per heavy atom. The molecule has 1 aromatic rings. The van der Waals surface area contributed by atoms with Crippen LogP contribution in [-0.4, -0.2) is 87.6 Å². The highest BCUT2D eigenvalue weighted by molar-refractivity contribution is 8.02. The molecule has 8 nitrogen and oxygen atoms in total. The van der Waals surface area contributed by atoms with Gasteiger partial charge in [0.15, 0.2) is 0 Å². The zero-order chi connectivity index (χ0) is 27.6. The topological polar surface area (TPSA) is 90.4 Å². The molecule has 0 aliphatic carbocycles. The molecule has 3 heterocycles. The van der Waals surface area contributed by atoms with Gasteiger partial charge in [-0.3, -0.25) is 14.4 Å². The number of carbonyl (C=O) groups excluding carboxylic acids is 3. The molecule has 3 amide bonds. The predicted molar refractivity (Wildman–Crippen MR) is 150 cm³/mol. The van der Waals surface area contributed by atoms with E-state index in [1.54, 1.807) is 33.7 Å². The van der Waals surface area contributed by atoms with Gasteiger partial charge in [-0.25, -0.2) is 0 Å². The van der Waals surface area contributed by atoms with Gasteiger partial charge >= 0.3 is 0 Å². The van der Waals surface area contributed by atoms with E-state index in [-0.39, 0.29) is 42.2 Å². The molecule has 3 saturated heterocycles. The van der Waals surface area contributed by atoms with Crippen LogP contribution in [0.25, 0.3) is 0 Å². The van der Waals surface area contributed by atoms with E-state index >= 15 is 0 Å². The first-order chi connectivity index (χ1) is 18.2. The van der Waals surface area contributed by atoms with Gasteiger partial charge in [0.05, 0.1) is 29.8 Å². The summed E-state index contributed by atoms with van der Waals surface area (Å²) in [4.78, 5) is 47.2. The molecule has 5 atom stereocenters. The molecule has 4 rings (SSSR count). The summed E-state index contributed by atoms with van der Waals surface area (Å²) in [6.45, 7) is 14.5. The Labute approximate surface area is 229 Å². The average molecular weight is 542 g/mol. The van der Waals surface area contributed by atoms with Gasteiger partial charge in [-0.15, -0.1) is 24.9 Å². The normalized spacial score (nSPS) is 27.4. The van der Waals surface area contributed by atoms with Gasteiger partial charge in [0.25, 0.3) is 0 Å². The van der Waals surface area contributed by atoms with E-state index in [9.17, 15) is 19.5 Å². The van der Waals surface area contributed by atoms with Crippen LogP contribution in [0.4, 0.5) is 5.69 Å². The summed E-state index contributed by atoms with van der Waals surface area (Å²) in [5.74, 6) is -0.934. The molecule has 38 heavy (non-hydrogen) atoms. The molecule has 0 saturated carbocycles. The number of β-amino-alcohol motifs (C(OH)–C–C–N with tert-alkyl or cyclic N) is 1. The van der Waals surface area contributed by atoms with Gasteiger partial charge in [-0.05, 0) is 57.9 Å². The second-order valence-electron chi connectivity index (χ2n) is 10.3. The molecule has 9 heteroatoms. The molecule has 0 aromatic heterocycles. The Bertz CT molecular complexity index is 1080. The van der Waals surface area contributed by atoms with Crippen molar-refractivity contribution in [1.82, 2.24) is 9.80 Å². The van der Waals surface area contributed by atoms with E-state index in [0.29, 0.717) is 31.8 Å². The van der Waals surface area contributed by atoms with E-state index in [1.807, 2.05) is 45.0 Å². The van der Waals surface area contributed by atoms with Gasteiger partial charge in [-0.1, -0.05) is 12.2 Å². The van der Waals surface area contributed by atoms with Crippen LogP contribution in [0.15, 0.2) is 49.6 Å². The van der Waals surface area contributed by atoms with Gasteiger partial charge < -0.3 is 24.5 Å². The molecule has 1 aromatic carbocycles. The lowest BCUT2D eigenvalue weighted by atomic mass is 9.70. The molecule has 3 aliphatic rings. The van der Waals surface area contributed by atoms with Gasteiger partial charge in [0.1, 0.15) is 11.8 Å². The third kappa shape index (κ3) is 4.64. The highest BCUT2D eigenvalue weighted by Gasteiger charge is 2.74. The maximum atomic E-state index is 14.2. The molecule has 3 fully saturated rings. The lowest BCUT2D eigenvalue weighted by Crippen LogP contribution is -2.56. The van der Waals surface area contributed by atoms with Crippen LogP contribution in [0, 0.1) is 11.8 Å². The largest absolute Gasteiger partial charge is 0.494 e. The molecule has 2 unspecified atom stereocenters. The van der Waals surface area contributed by atoms with E-state index < -0.39 is 22.6 Å². The average Bonchev–Trinajstić information content (AvgIpc) is 3.53. The Balaban J connectivity index is 1.71. The minimum Gasteiger partial charge on any atom is -0.494 e. The third-order valence-corrected chi connectivity index (χ3v) is 9.88. The number of benzene rings is 1. The van der Waals surface area contributed by atoms with Gasteiger partial charge in [0.2, 0.25) is 17.7 Å². The van der Waals surface area contributed by atoms with Crippen LogP contribution in [0.3, 0.4) is 0 Å². The number of nitrogens with zero attached hydrogens (tertiary/aromatic N) is 3. The number of hydrogen-bond donors (Lipinski definition) is 1. The smallest absolute Gasteiger partial charge is 0.247 e. The van der Waals surface area contributed by atoms with Crippen molar-refractivity contribution in [2.24, 2.45) is 11.8 Å². The van der Waals surface area contributed by atoms with Crippen LogP contribution in [0.1, 0.15) is 33.6 Å². The molecular weight excluding hydrogens is 502 g/mol. The number of amides is 3. The Hall–Kier alpha value is -2.78. The van der Waals surface area contributed by atoms with Crippen molar-refractivity contribution < 1.29 is 24.2 Å². The number of thioether (sulfide) groups is 1. The van der Waals surface area contributed by atoms with Crippen molar-refractivity contribution in [3.8, 4) is 5.75 Å². The molecule has 1 N–H and O–H groups in total. The maximum Gasteiger partial charge on any atom is 0.247 e. The fraction of sp³-hybridized carbons (Fsp3) is 0.552. The monoisotopic (exact) mass is 541 g/mol. The summed E-state index contributed by atoms with van der Waals surface area (Å²) in [6.07, 6.45) is 4.82. The zero-order valence-corrected chi connectivity index (χ0v) is 23.4. The van der Waals surface area contributed by atoms with E-state index in [4.69, 9.17) is 4.74 Å². The van der Waals surface area contributed by atoms with E-state index in [0.717, 1.165) is 12.2 Å². The number of carbonyl (C=O) groups is 3. The van der Waals surface area contributed by atoms with Crippen molar-refractivity contribution in [3.63, 3.8) is 0 Å². The summed E-state index contributed by atoms with van der Waals surface area (Å²) < 4.78 is 4.86. The number of hydrogen-bond acceptors (Lipinski definition) is 6. The van der Waals surface area contributed by atoms with Gasteiger partial charge in [-0.2, -0.15) is 0 Å². The molecule has 1 spiro atoms. The summed E-state index contributed by atoms with van der Waals surface area (Å²) in [7, 11) is 0. The fourth-order valence-corrected chi connectivity index (χ4v) is 8.64. The van der Waals surface area contributed by atoms with Crippen LogP contribution in [0.2, 0.25) is 0 Å². The van der Waals surface area contributed by atoms with Crippen LogP contribution < -0.4 is 9.64 Å². The maximum absolute atomic E-state index is 14.2. The Kier molecular flexibility index (Phi) is 8.57. The number of fused-ring (bicyclic) bond motifs is 1. The highest BCUT2D eigenvalue weighted by atomic mass is 32.2. The Morgan fingerprint density at radius 3 is 2.47 bits per heavy atom. The zero-order valence-electron chi connectivity index (χ0n) is 22.5. The third-order valence-electron chi connectivity index (χ3n) is 7.93. The fourth-order valence-electron chi connectivity index (χ4n) is 6.43. The van der Waals surface area contributed by atoms with E-state index in [1.165, 1.54) is 4.90 Å². The van der Waals surface area contributed by atoms with Crippen molar-refractivity contribution in [1.29, 1.82) is 0 Å². The summed E-state index contributed by atoms with van der Waals surface area (Å²) in [6, 6.07) is 6.56. The Morgan fingerprint density at radius 2 is 1.89 bits per heavy atom. The highest BCUT2D eigenvalue weighted by Crippen LogP contribution is 2.66. The van der Waals surface area contributed by atoms with Crippen LogP contribution in [-0.2, 0) is 14.4 Å². The first-order valence-corrected chi connectivity index (χ1v) is 14.3. The molecular formula is C29H39N3O5S. The second kappa shape index (κ2) is 11.5. The standard InChI is InChI=1S/C29H39N3O5S/c1-6-15-30(19(4)5)28(36)25-29-14-13-22(38-29)23(24(29)27(35)32(25)17-18-33)26(34)31(16-7-2)20-9-11-21(12-10-20)37-8-3/h6-7,9-12,19,22-25,33H,1-2,8,13-18H2,3-5H3/t22-,23+,24+,25?,29?/m1/s1. The van der Waals surface area contributed by atoms with Crippen molar-refractivity contribution in [2.45, 2.75) is 55.7 Å². The molecule has 206 valence electrons. The van der Waals surface area contributed by atoms with Crippen molar-refractivity contribution in [2.75, 3.05) is 37.7 Å². The number of aliphatic hydroxyl groups excluding tert-OH is 1.